The molecule has 0 aliphatic rings. The van der Waals surface area contributed by atoms with E-state index < -0.39 is 11.2 Å². The topological polar surface area (TPSA) is 57.9 Å². The van der Waals surface area contributed by atoms with Gasteiger partial charge in [-0.2, -0.15) is 0 Å². The monoisotopic (exact) mass is 283 g/mol. The van der Waals surface area contributed by atoms with Gasteiger partial charge in [0.25, 0.3) is 0 Å². The number of benzene rings is 1. The fourth-order valence-corrected chi connectivity index (χ4v) is 2.34. The first-order valence-electron chi connectivity index (χ1n) is 6.74. The molecule has 0 amide bonds. The molecule has 1 rings (SSSR count). The molecule has 0 radical (unpaired) electrons. The lowest BCUT2D eigenvalue weighted by Gasteiger charge is -2.42. The van der Waals surface area contributed by atoms with Gasteiger partial charge in [-0.3, -0.25) is 0 Å². The van der Waals surface area contributed by atoms with Gasteiger partial charge < -0.3 is 9.84 Å². The Hall–Kier alpha value is -1.06. The minimum atomic E-state index is -1.70. The summed E-state index contributed by atoms with van der Waals surface area (Å²) < 4.78 is 5.09. The van der Waals surface area contributed by atoms with Crippen molar-refractivity contribution in [3.05, 3.63) is 35.9 Å². The summed E-state index contributed by atoms with van der Waals surface area (Å²) in [7, 11) is 0. The summed E-state index contributed by atoms with van der Waals surface area (Å²) in [6.07, 6.45) is 5.34. The highest BCUT2D eigenvalue weighted by molar-refractivity contribution is 6.21. The van der Waals surface area contributed by atoms with Crippen LogP contribution in [0.2, 0.25) is 0 Å². The van der Waals surface area contributed by atoms with Crippen molar-refractivity contribution in [2.45, 2.75) is 50.2 Å². The minimum absolute atomic E-state index is 0.351. The summed E-state index contributed by atoms with van der Waals surface area (Å²) in [5.74, 6) is -1.70. The molecule has 0 heterocycles. The smallest absolute Gasteiger partial charge is 0.319 e. The maximum Gasteiger partial charge on any atom is 0.319 e. The van der Waals surface area contributed by atoms with Crippen molar-refractivity contribution in [2.75, 3.05) is 0 Å². The van der Waals surface area contributed by atoms with Gasteiger partial charge in [0.2, 0.25) is 0 Å². The van der Waals surface area contributed by atoms with Gasteiger partial charge in [-0.25, -0.2) is 5.41 Å². The average molecular weight is 284 g/mol. The second-order valence-corrected chi connectivity index (χ2v) is 5.09. The van der Waals surface area contributed by atoms with E-state index in [2.05, 4.69) is 6.92 Å². The van der Waals surface area contributed by atoms with Gasteiger partial charge in [0.1, 0.15) is 0 Å². The van der Waals surface area contributed by atoms with Crippen molar-refractivity contribution in [2.24, 2.45) is 0 Å². The molecule has 3 nitrogen and oxygen atoms in total. The second kappa shape index (κ2) is 8.18. The number of hydrogen-bond acceptors (Lipinski definition) is 2. The van der Waals surface area contributed by atoms with Crippen LogP contribution in [0.25, 0.3) is 0 Å². The van der Waals surface area contributed by atoms with Crippen LogP contribution in [0, 0.1) is 0 Å². The predicted molar refractivity (Wildman–Crippen MR) is 75.6 cm³/mol. The molecule has 106 valence electrons. The number of alkyl halides is 1. The number of hydrogen-bond donors (Lipinski definition) is 1. The van der Waals surface area contributed by atoms with Crippen molar-refractivity contribution in [1.29, 1.82) is 0 Å². The summed E-state index contributed by atoms with van der Waals surface area (Å²) in [5.41, 5.74) is 0.761. The third-order valence-corrected chi connectivity index (χ3v) is 3.71. The molecule has 4 heteroatoms. The Kier molecular flexibility index (Phi) is 6.89. The first kappa shape index (κ1) is 16.0. The van der Waals surface area contributed by atoms with Crippen molar-refractivity contribution in [1.82, 2.24) is 0 Å². The van der Waals surface area contributed by atoms with Gasteiger partial charge in [0.05, 0.1) is 11.2 Å². The number of rotatable bonds is 9. The molecule has 0 spiro atoms. The normalized spacial score (nSPS) is 15.5. The largest absolute Gasteiger partial charge is 0.817 e. The minimum Gasteiger partial charge on any atom is -0.817 e. The highest BCUT2D eigenvalue weighted by atomic mass is 35.5. The number of nitrogens with two attached hydrogens (primary N) is 1. The summed E-state index contributed by atoms with van der Waals surface area (Å²) in [5, 5.41) is 17.2. The number of unbranched alkanes of at least 4 members (excludes halogenated alkanes) is 3. The number of ether oxygens (including phenoxy) is 1. The summed E-state index contributed by atoms with van der Waals surface area (Å²) >= 11 is 6.29. The molecule has 2 N–H and O–H groups in total. The first-order valence-corrected chi connectivity index (χ1v) is 7.18. The van der Waals surface area contributed by atoms with Gasteiger partial charge >= 0.3 is 6.40 Å². The zero-order chi connectivity index (χ0) is 14.1. The van der Waals surface area contributed by atoms with Crippen molar-refractivity contribution in [3.8, 4) is 0 Å². The van der Waals surface area contributed by atoms with Crippen molar-refractivity contribution in [3.63, 3.8) is 0 Å². The molecule has 0 saturated heterocycles. The van der Waals surface area contributed by atoms with E-state index in [9.17, 15) is 5.11 Å². The number of halogens is 1. The Morgan fingerprint density at radius 2 is 2.00 bits per heavy atom. The van der Waals surface area contributed by atoms with E-state index in [1.807, 2.05) is 30.3 Å². The zero-order valence-electron chi connectivity index (χ0n) is 11.3. The molecule has 0 fully saturated rings. The van der Waals surface area contributed by atoms with Gasteiger partial charge in [-0.15, -0.1) is 11.6 Å². The van der Waals surface area contributed by atoms with Crippen LogP contribution in [0.15, 0.2) is 30.3 Å². The first-order chi connectivity index (χ1) is 9.14. The highest BCUT2D eigenvalue weighted by Crippen LogP contribution is 2.34. The molecule has 0 aliphatic carbocycles. The predicted octanol–water partition coefficient (Wildman–Crippen LogP) is 1.80. The molecular weight excluding hydrogens is 262 g/mol. The maximum absolute atomic E-state index is 12.7. The molecule has 2 atom stereocenters. The Balaban J connectivity index is 2.71. The Morgan fingerprint density at radius 3 is 2.58 bits per heavy atom. The van der Waals surface area contributed by atoms with Crippen molar-refractivity contribution >= 4 is 18.0 Å². The molecule has 1 aromatic rings. The van der Waals surface area contributed by atoms with Gasteiger partial charge in [0.15, 0.2) is 0 Å². The van der Waals surface area contributed by atoms with Gasteiger partial charge in [-0.05, 0) is 12.0 Å². The third-order valence-electron chi connectivity index (χ3n) is 3.12. The lowest BCUT2D eigenvalue weighted by molar-refractivity contribution is -0.546. The molecule has 2 unspecified atom stereocenters. The Morgan fingerprint density at radius 1 is 1.32 bits per heavy atom. The zero-order valence-corrected chi connectivity index (χ0v) is 12.1. The Bertz CT molecular complexity index is 372. The fourth-order valence-electron chi connectivity index (χ4n) is 2.03. The van der Waals surface area contributed by atoms with Crippen LogP contribution in [-0.2, 0) is 4.74 Å². The van der Waals surface area contributed by atoms with Crippen LogP contribution < -0.4 is 10.5 Å². The third kappa shape index (κ3) is 4.84. The fraction of sp³-hybridized carbons (Fsp3) is 0.533. The molecular formula is C15H22ClNO2. The standard InChI is InChI=1S/C15H21ClNO2/c1-2-3-4-8-11-15(18,19-12-17)14(16)13-9-6-5-7-10-13/h5-7,9-10,12,14,17H,2-4,8,11H2,1H3/q-1/p+1. The lowest BCUT2D eigenvalue weighted by Crippen LogP contribution is -2.52. The molecule has 0 aliphatic heterocycles. The molecule has 0 saturated carbocycles. The van der Waals surface area contributed by atoms with E-state index in [1.54, 1.807) is 0 Å². The van der Waals surface area contributed by atoms with Crippen LogP contribution in [0.5, 0.6) is 0 Å². The quantitative estimate of drug-likeness (QED) is 0.247. The molecule has 19 heavy (non-hydrogen) atoms. The van der Waals surface area contributed by atoms with Crippen LogP contribution in [0.4, 0.5) is 0 Å². The highest BCUT2D eigenvalue weighted by Gasteiger charge is 2.29. The Labute approximate surface area is 120 Å². The van der Waals surface area contributed by atoms with Gasteiger partial charge in [0, 0.05) is 0 Å². The van der Waals surface area contributed by atoms with Crippen molar-refractivity contribution < 1.29 is 15.3 Å². The molecule has 1 aromatic carbocycles. The molecule has 0 aromatic heterocycles. The summed E-state index contributed by atoms with van der Waals surface area (Å²) in [6.45, 7) is 2.13. The van der Waals surface area contributed by atoms with E-state index in [1.165, 1.54) is 0 Å². The SMILES string of the molecule is CCCCCCC([O-])(OC=[NH2+])C(Cl)c1ccccc1. The summed E-state index contributed by atoms with van der Waals surface area (Å²) in [6, 6.07) is 9.26. The van der Waals surface area contributed by atoms with E-state index >= 15 is 0 Å². The van der Waals surface area contributed by atoms with Crippen LogP contribution in [-0.4, -0.2) is 12.2 Å². The van der Waals surface area contributed by atoms with Crippen LogP contribution >= 0.6 is 11.6 Å². The van der Waals surface area contributed by atoms with E-state index in [0.29, 0.717) is 6.42 Å². The maximum atomic E-state index is 12.7. The van der Waals surface area contributed by atoms with E-state index in [4.69, 9.17) is 21.7 Å². The van der Waals surface area contributed by atoms with E-state index in [-0.39, 0.29) is 0 Å². The van der Waals surface area contributed by atoms with Crippen LogP contribution in [0.1, 0.15) is 50.0 Å². The summed E-state index contributed by atoms with van der Waals surface area (Å²) in [4.78, 5) is 0. The van der Waals surface area contributed by atoms with Gasteiger partial charge in [-0.1, -0.05) is 62.9 Å². The molecule has 0 bridgehead atoms. The average Bonchev–Trinajstić information content (AvgIpc) is 2.44. The second-order valence-electron chi connectivity index (χ2n) is 4.65. The lowest BCUT2D eigenvalue weighted by atomic mass is 9.98. The van der Waals surface area contributed by atoms with Crippen LogP contribution in [0.3, 0.4) is 0 Å². The van der Waals surface area contributed by atoms with E-state index in [0.717, 1.165) is 37.6 Å².